The summed E-state index contributed by atoms with van der Waals surface area (Å²) in [4.78, 5) is 0. The van der Waals surface area contributed by atoms with Crippen molar-refractivity contribution in [1.82, 2.24) is 29.6 Å². The first-order valence-electron chi connectivity index (χ1n) is 9.30. The van der Waals surface area contributed by atoms with Gasteiger partial charge in [0.25, 0.3) is 0 Å². The molecule has 0 fully saturated rings. The zero-order valence-electron chi connectivity index (χ0n) is 16.1. The molecule has 7 nitrogen and oxygen atoms in total. The van der Waals surface area contributed by atoms with Crippen LogP contribution in [0.3, 0.4) is 0 Å². The summed E-state index contributed by atoms with van der Waals surface area (Å²) in [7, 11) is 0. The highest BCUT2D eigenvalue weighted by atomic mass is 32.1. The fraction of sp³-hybridized carbons (Fsp3) is 0.143. The van der Waals surface area contributed by atoms with Crippen LogP contribution in [0.15, 0.2) is 59.3 Å². The first-order valence-corrected chi connectivity index (χ1v) is 10.2. The third-order valence-electron chi connectivity index (χ3n) is 4.93. The number of hydrogen-bond donors (Lipinski definition) is 1. The fourth-order valence-electron chi connectivity index (χ4n) is 3.39. The molecule has 144 valence electrons. The molecule has 1 N–H and O–H groups in total. The second-order valence-electron chi connectivity index (χ2n) is 6.77. The van der Waals surface area contributed by atoms with Gasteiger partial charge in [-0.3, -0.25) is 0 Å². The Kier molecular flexibility index (Phi) is 4.33. The van der Waals surface area contributed by atoms with Crippen molar-refractivity contribution in [2.45, 2.75) is 20.4 Å². The summed E-state index contributed by atoms with van der Waals surface area (Å²) >= 11 is 1.63. The molecule has 1 aromatic carbocycles. The minimum absolute atomic E-state index is 0.638. The Balaban J connectivity index is 1.43. The van der Waals surface area contributed by atoms with Crippen LogP contribution in [-0.4, -0.2) is 29.6 Å². The maximum absolute atomic E-state index is 4.71. The minimum atomic E-state index is 0.638. The summed E-state index contributed by atoms with van der Waals surface area (Å²) in [5.74, 6) is 1.51. The number of thiophene rings is 1. The van der Waals surface area contributed by atoms with Crippen LogP contribution < -0.4 is 5.32 Å². The molecule has 5 rings (SSSR count). The van der Waals surface area contributed by atoms with Crippen molar-refractivity contribution in [3.05, 3.63) is 76.2 Å². The maximum atomic E-state index is 4.71. The number of aryl methyl sites for hydroxylation is 1. The Morgan fingerprint density at radius 1 is 0.966 bits per heavy atom. The highest BCUT2D eigenvalue weighted by molar-refractivity contribution is 7.08. The molecule has 0 unspecified atom stereocenters. The van der Waals surface area contributed by atoms with Crippen molar-refractivity contribution < 1.29 is 0 Å². The van der Waals surface area contributed by atoms with E-state index in [0.717, 1.165) is 45.5 Å². The summed E-state index contributed by atoms with van der Waals surface area (Å²) in [5.41, 5.74) is 6.08. The quantitative estimate of drug-likeness (QED) is 0.476. The highest BCUT2D eigenvalue weighted by Gasteiger charge is 2.14. The number of benzene rings is 1. The topological polar surface area (TPSA) is 72.9 Å². The Hall–Kier alpha value is -3.52. The van der Waals surface area contributed by atoms with Gasteiger partial charge in [-0.05, 0) is 49.6 Å². The number of anilines is 1. The molecule has 4 heterocycles. The minimum Gasteiger partial charge on any atom is -0.364 e. The zero-order valence-corrected chi connectivity index (χ0v) is 16.9. The lowest BCUT2D eigenvalue weighted by atomic mass is 10.2. The van der Waals surface area contributed by atoms with Crippen molar-refractivity contribution in [2.75, 3.05) is 5.32 Å². The van der Waals surface area contributed by atoms with E-state index in [1.807, 2.05) is 58.8 Å². The van der Waals surface area contributed by atoms with Gasteiger partial charge in [0.15, 0.2) is 11.5 Å². The smallest absolute Gasteiger partial charge is 0.186 e. The molecule has 0 aliphatic rings. The summed E-state index contributed by atoms with van der Waals surface area (Å²) in [6, 6.07) is 16.0. The van der Waals surface area contributed by atoms with Crippen molar-refractivity contribution >= 4 is 22.8 Å². The molecule has 4 aromatic heterocycles. The molecule has 0 aliphatic carbocycles. The van der Waals surface area contributed by atoms with Crippen LogP contribution >= 0.6 is 11.3 Å². The standard InChI is InChI=1S/C21H19N7S/c1-14-18(15(2)27(25-14)17-6-4-3-5-7-17)12-22-19-8-9-20-23-24-21(28(20)26-19)16-10-11-29-13-16/h3-11,13H,12H2,1-2H3,(H,22,26). The van der Waals surface area contributed by atoms with Gasteiger partial charge in [0.05, 0.1) is 11.4 Å². The Bertz CT molecular complexity index is 1270. The number of para-hydroxylation sites is 1. The molecule has 0 spiro atoms. The number of rotatable bonds is 5. The molecule has 0 atom stereocenters. The first-order chi connectivity index (χ1) is 14.2. The van der Waals surface area contributed by atoms with E-state index >= 15 is 0 Å². The molecular formula is C21H19N7S. The van der Waals surface area contributed by atoms with E-state index in [0.29, 0.717) is 6.54 Å². The van der Waals surface area contributed by atoms with E-state index in [1.165, 1.54) is 0 Å². The van der Waals surface area contributed by atoms with E-state index in [4.69, 9.17) is 5.10 Å². The van der Waals surface area contributed by atoms with Crippen molar-refractivity contribution in [1.29, 1.82) is 0 Å². The van der Waals surface area contributed by atoms with Gasteiger partial charge >= 0.3 is 0 Å². The molecule has 0 aliphatic heterocycles. The van der Waals surface area contributed by atoms with Crippen molar-refractivity contribution in [2.24, 2.45) is 0 Å². The van der Waals surface area contributed by atoms with Gasteiger partial charge in [0, 0.05) is 28.7 Å². The van der Waals surface area contributed by atoms with Crippen LogP contribution in [0.25, 0.3) is 22.7 Å². The molecular weight excluding hydrogens is 382 g/mol. The van der Waals surface area contributed by atoms with Crippen molar-refractivity contribution in [3.63, 3.8) is 0 Å². The molecule has 29 heavy (non-hydrogen) atoms. The fourth-order valence-corrected chi connectivity index (χ4v) is 4.02. The largest absolute Gasteiger partial charge is 0.364 e. The van der Waals surface area contributed by atoms with E-state index < -0.39 is 0 Å². The predicted octanol–water partition coefficient (Wildman–Crippen LogP) is 4.27. The molecule has 0 saturated heterocycles. The van der Waals surface area contributed by atoms with E-state index in [2.05, 4.69) is 39.7 Å². The lowest BCUT2D eigenvalue weighted by Gasteiger charge is -2.08. The summed E-state index contributed by atoms with van der Waals surface area (Å²) in [5, 5.41) is 25.4. The van der Waals surface area contributed by atoms with Gasteiger partial charge in [-0.1, -0.05) is 18.2 Å². The Morgan fingerprint density at radius 2 is 1.83 bits per heavy atom. The number of fused-ring (bicyclic) bond motifs is 1. The van der Waals surface area contributed by atoms with Gasteiger partial charge < -0.3 is 5.32 Å². The monoisotopic (exact) mass is 401 g/mol. The summed E-state index contributed by atoms with van der Waals surface area (Å²) < 4.78 is 3.76. The number of aromatic nitrogens is 6. The summed E-state index contributed by atoms with van der Waals surface area (Å²) in [6.07, 6.45) is 0. The van der Waals surface area contributed by atoms with Gasteiger partial charge in [-0.15, -0.1) is 15.3 Å². The van der Waals surface area contributed by atoms with Crippen LogP contribution in [0.4, 0.5) is 5.82 Å². The third kappa shape index (κ3) is 3.17. The molecule has 8 heteroatoms. The molecule has 0 amide bonds. The molecule has 5 aromatic rings. The lowest BCUT2D eigenvalue weighted by Crippen LogP contribution is -2.06. The Labute approximate surface area is 171 Å². The molecule has 0 saturated carbocycles. The van der Waals surface area contributed by atoms with Gasteiger partial charge in [-0.25, -0.2) is 4.68 Å². The molecule has 0 radical (unpaired) electrons. The predicted molar refractivity (Wildman–Crippen MR) is 114 cm³/mol. The maximum Gasteiger partial charge on any atom is 0.186 e. The average Bonchev–Trinajstić information content (AvgIpc) is 3.47. The van der Waals surface area contributed by atoms with Crippen LogP contribution in [0.5, 0.6) is 0 Å². The van der Waals surface area contributed by atoms with Crippen LogP contribution in [0, 0.1) is 13.8 Å². The SMILES string of the molecule is Cc1nn(-c2ccccc2)c(C)c1CNc1ccc2nnc(-c3ccsc3)n2n1. The third-order valence-corrected chi connectivity index (χ3v) is 5.61. The van der Waals surface area contributed by atoms with Crippen LogP contribution in [-0.2, 0) is 6.54 Å². The van der Waals surface area contributed by atoms with E-state index in [-0.39, 0.29) is 0 Å². The van der Waals surface area contributed by atoms with Gasteiger partial charge in [0.1, 0.15) is 5.82 Å². The molecule has 0 bridgehead atoms. The number of nitrogens with one attached hydrogen (secondary N) is 1. The van der Waals surface area contributed by atoms with Gasteiger partial charge in [-0.2, -0.15) is 21.0 Å². The average molecular weight is 401 g/mol. The number of nitrogens with zero attached hydrogens (tertiary/aromatic N) is 6. The highest BCUT2D eigenvalue weighted by Crippen LogP contribution is 2.22. The first kappa shape index (κ1) is 17.6. The van der Waals surface area contributed by atoms with Gasteiger partial charge in [0.2, 0.25) is 0 Å². The van der Waals surface area contributed by atoms with E-state index in [1.54, 1.807) is 15.9 Å². The van der Waals surface area contributed by atoms with Crippen LogP contribution in [0.1, 0.15) is 17.0 Å². The number of hydrogen-bond acceptors (Lipinski definition) is 6. The zero-order chi connectivity index (χ0) is 19.8. The summed E-state index contributed by atoms with van der Waals surface area (Å²) in [6.45, 7) is 4.77. The van der Waals surface area contributed by atoms with Crippen molar-refractivity contribution in [3.8, 4) is 17.1 Å². The van der Waals surface area contributed by atoms with Crippen LogP contribution in [0.2, 0.25) is 0 Å². The Morgan fingerprint density at radius 3 is 2.62 bits per heavy atom. The lowest BCUT2D eigenvalue weighted by molar-refractivity contribution is 0.832. The van der Waals surface area contributed by atoms with E-state index in [9.17, 15) is 0 Å². The second-order valence-corrected chi connectivity index (χ2v) is 7.55. The normalized spacial score (nSPS) is 11.2. The second kappa shape index (κ2) is 7.14.